The van der Waals surface area contributed by atoms with Crippen molar-refractivity contribution in [2.24, 2.45) is 23.5 Å². The highest BCUT2D eigenvalue weighted by Crippen LogP contribution is 2.54. The molecule has 1 aromatic rings. The molecule has 0 aromatic carbocycles. The van der Waals surface area contributed by atoms with Gasteiger partial charge in [-0.1, -0.05) is 0 Å². The van der Waals surface area contributed by atoms with Crippen molar-refractivity contribution in [3.05, 3.63) is 16.0 Å². The Morgan fingerprint density at radius 1 is 1.12 bits per heavy atom. The number of nitrogens with two attached hydrogens (primary N) is 2. The molecule has 6 heteroatoms. The van der Waals surface area contributed by atoms with Gasteiger partial charge in [-0.15, -0.1) is 11.3 Å². The fraction of sp³-hybridized carbons (Fsp3) is 0.700. The largest absolute Gasteiger partial charge is 0.365 e. The van der Waals surface area contributed by atoms with Crippen LogP contribution in [0.5, 0.6) is 0 Å². The van der Waals surface area contributed by atoms with Crippen molar-refractivity contribution in [2.45, 2.75) is 63.3 Å². The monoisotopic (exact) mass is 374 g/mol. The van der Waals surface area contributed by atoms with Crippen LogP contribution in [0.2, 0.25) is 0 Å². The number of carbonyl (C=O) groups is 2. The number of carbonyl (C=O) groups excluding carboxylic acids is 2. The molecule has 4 fully saturated rings. The van der Waals surface area contributed by atoms with Gasteiger partial charge in [0.2, 0.25) is 0 Å². The lowest BCUT2D eigenvalue weighted by molar-refractivity contribution is -0.729. The number of primary amides is 1. The molecule has 140 valence electrons. The number of quaternary nitrogens is 1. The van der Waals surface area contributed by atoms with E-state index >= 15 is 0 Å². The number of aryl methyl sites for hydroxylation is 1. The van der Waals surface area contributed by atoms with Crippen LogP contribution < -0.4 is 16.4 Å². The maximum Gasteiger partial charge on any atom is 0.280 e. The molecule has 0 saturated heterocycles. The molecule has 0 aliphatic heterocycles. The number of hydrogen-bond acceptors (Lipinski definition) is 3. The summed E-state index contributed by atoms with van der Waals surface area (Å²) in [6.07, 6.45) is 11.1. The van der Waals surface area contributed by atoms with Crippen molar-refractivity contribution < 1.29 is 14.9 Å². The first-order chi connectivity index (χ1) is 12.5. The highest BCUT2D eigenvalue weighted by Gasteiger charge is 2.53. The average molecular weight is 375 g/mol. The number of anilines is 1. The molecular weight excluding hydrogens is 346 g/mol. The molecule has 0 spiro atoms. The van der Waals surface area contributed by atoms with E-state index in [4.69, 9.17) is 5.73 Å². The molecule has 0 atom stereocenters. The summed E-state index contributed by atoms with van der Waals surface area (Å²) in [5.74, 6) is 2.26. The Hall–Kier alpha value is -1.40. The number of nitrogens with one attached hydrogen (secondary N) is 1. The first-order valence-electron chi connectivity index (χ1n) is 10.1. The highest BCUT2D eigenvalue weighted by molar-refractivity contribution is 7.17. The molecular formula is C20H28N3O2S+. The Bertz CT molecular complexity index is 734. The van der Waals surface area contributed by atoms with Gasteiger partial charge in [0.25, 0.3) is 11.8 Å². The van der Waals surface area contributed by atoms with Crippen LogP contribution in [0.1, 0.15) is 65.7 Å². The first kappa shape index (κ1) is 16.8. The van der Waals surface area contributed by atoms with E-state index in [2.05, 4.69) is 10.6 Å². The minimum atomic E-state index is -0.412. The van der Waals surface area contributed by atoms with Crippen molar-refractivity contribution in [3.63, 3.8) is 0 Å². The van der Waals surface area contributed by atoms with Crippen molar-refractivity contribution in [1.82, 2.24) is 0 Å². The topological polar surface area (TPSA) is 88.8 Å². The summed E-state index contributed by atoms with van der Waals surface area (Å²) in [5, 5.41) is 5.99. The Balaban J connectivity index is 1.26. The van der Waals surface area contributed by atoms with Crippen LogP contribution in [-0.4, -0.2) is 23.9 Å². The van der Waals surface area contributed by atoms with Crippen molar-refractivity contribution in [2.75, 3.05) is 11.9 Å². The van der Waals surface area contributed by atoms with Gasteiger partial charge in [0, 0.05) is 24.1 Å². The van der Waals surface area contributed by atoms with Gasteiger partial charge >= 0.3 is 0 Å². The molecule has 5 aliphatic rings. The number of rotatable bonds is 5. The van der Waals surface area contributed by atoms with Gasteiger partial charge in [0.05, 0.1) is 11.1 Å². The standard InChI is InChI=1S/C20H27N3O2S/c21-18(25)17-14-2-1-3-15(14)26-19(17)23-16(24)10-22-20-7-11-4-12(8-20)6-13(5-11)9-20/h11-13,22H,1-10H2,(H2,21,25)(H,23,24)/p+1. The van der Waals surface area contributed by atoms with E-state index in [1.165, 1.54) is 43.4 Å². The molecule has 26 heavy (non-hydrogen) atoms. The zero-order valence-corrected chi connectivity index (χ0v) is 16.0. The fourth-order valence-corrected chi connectivity index (χ4v) is 7.98. The van der Waals surface area contributed by atoms with E-state index in [-0.39, 0.29) is 5.91 Å². The van der Waals surface area contributed by atoms with Crippen LogP contribution in [-0.2, 0) is 17.6 Å². The Kier molecular flexibility index (Phi) is 3.90. The summed E-state index contributed by atoms with van der Waals surface area (Å²) >= 11 is 1.54. The molecule has 4 bridgehead atoms. The summed E-state index contributed by atoms with van der Waals surface area (Å²) in [4.78, 5) is 25.7. The third-order valence-corrected chi connectivity index (χ3v) is 8.43. The van der Waals surface area contributed by atoms with Crippen LogP contribution in [0.15, 0.2) is 0 Å². The van der Waals surface area contributed by atoms with E-state index in [9.17, 15) is 9.59 Å². The van der Waals surface area contributed by atoms with E-state index in [0.29, 0.717) is 22.6 Å². The van der Waals surface area contributed by atoms with Crippen molar-refractivity contribution in [1.29, 1.82) is 0 Å². The van der Waals surface area contributed by atoms with Crippen LogP contribution >= 0.6 is 11.3 Å². The van der Waals surface area contributed by atoms with Crippen molar-refractivity contribution >= 4 is 28.2 Å². The van der Waals surface area contributed by atoms with Gasteiger partial charge in [-0.2, -0.15) is 0 Å². The fourth-order valence-electron chi connectivity index (χ4n) is 6.67. The van der Waals surface area contributed by atoms with E-state index in [0.717, 1.165) is 42.6 Å². The maximum absolute atomic E-state index is 12.6. The normalized spacial score (nSPS) is 34.1. The zero-order chi connectivity index (χ0) is 17.9. The van der Waals surface area contributed by atoms with Gasteiger partial charge in [-0.25, -0.2) is 0 Å². The first-order valence-corrected chi connectivity index (χ1v) is 10.9. The predicted molar refractivity (Wildman–Crippen MR) is 101 cm³/mol. The van der Waals surface area contributed by atoms with E-state index < -0.39 is 5.91 Å². The average Bonchev–Trinajstić information content (AvgIpc) is 3.12. The highest BCUT2D eigenvalue weighted by atomic mass is 32.1. The minimum Gasteiger partial charge on any atom is -0.365 e. The van der Waals surface area contributed by atoms with Gasteiger partial charge < -0.3 is 16.4 Å². The molecule has 2 amide bonds. The Morgan fingerprint density at radius 2 is 1.77 bits per heavy atom. The second kappa shape index (κ2) is 6.06. The van der Waals surface area contributed by atoms with Gasteiger partial charge in [-0.05, 0) is 61.8 Å². The lowest BCUT2D eigenvalue weighted by atomic mass is 9.53. The van der Waals surface area contributed by atoms with Gasteiger partial charge in [0.1, 0.15) is 5.00 Å². The Labute approximate surface area is 158 Å². The molecule has 1 aromatic heterocycles. The number of fused-ring (bicyclic) bond motifs is 1. The molecule has 5 nitrogen and oxygen atoms in total. The molecule has 5 N–H and O–H groups in total. The van der Waals surface area contributed by atoms with Gasteiger partial charge in [0.15, 0.2) is 6.54 Å². The Morgan fingerprint density at radius 3 is 2.38 bits per heavy atom. The smallest absolute Gasteiger partial charge is 0.280 e. The maximum atomic E-state index is 12.6. The quantitative estimate of drug-likeness (QED) is 0.734. The summed E-state index contributed by atoms with van der Waals surface area (Å²) < 4.78 is 0. The van der Waals surface area contributed by atoms with Crippen LogP contribution in [0.25, 0.3) is 0 Å². The molecule has 5 aliphatic carbocycles. The summed E-state index contributed by atoms with van der Waals surface area (Å²) in [7, 11) is 0. The van der Waals surface area contributed by atoms with Crippen LogP contribution in [0, 0.1) is 17.8 Å². The molecule has 6 rings (SSSR count). The molecule has 0 unspecified atom stereocenters. The third kappa shape index (κ3) is 2.78. The molecule has 0 radical (unpaired) electrons. The number of amides is 2. The molecule has 4 saturated carbocycles. The molecule has 1 heterocycles. The lowest BCUT2D eigenvalue weighted by Crippen LogP contribution is -3.00. The second-order valence-electron chi connectivity index (χ2n) is 9.16. The summed E-state index contributed by atoms with van der Waals surface area (Å²) in [6, 6.07) is 0. The van der Waals surface area contributed by atoms with Crippen LogP contribution in [0.3, 0.4) is 0 Å². The third-order valence-electron chi connectivity index (χ3n) is 7.23. The van der Waals surface area contributed by atoms with E-state index in [1.54, 1.807) is 11.3 Å². The number of hydrogen-bond donors (Lipinski definition) is 3. The van der Waals surface area contributed by atoms with Crippen molar-refractivity contribution in [3.8, 4) is 0 Å². The van der Waals surface area contributed by atoms with Gasteiger partial charge in [-0.3, -0.25) is 9.59 Å². The van der Waals surface area contributed by atoms with E-state index in [1.807, 2.05) is 0 Å². The SMILES string of the molecule is NC(=O)c1c(NC(=O)C[NH2+]C23CC4CC(CC(C4)C2)C3)sc2c1CCC2. The summed E-state index contributed by atoms with van der Waals surface area (Å²) in [6.45, 7) is 0.451. The second-order valence-corrected chi connectivity index (χ2v) is 10.3. The minimum absolute atomic E-state index is 0.00293. The van der Waals surface area contributed by atoms with Crippen LogP contribution in [0.4, 0.5) is 5.00 Å². The lowest BCUT2D eigenvalue weighted by Gasteiger charge is -2.54. The predicted octanol–water partition coefficient (Wildman–Crippen LogP) is 1.81. The zero-order valence-electron chi connectivity index (χ0n) is 15.2. The number of thiophene rings is 1. The summed E-state index contributed by atoms with van der Waals surface area (Å²) in [5.41, 5.74) is 7.53.